The van der Waals surface area contributed by atoms with Crippen LogP contribution in [0.5, 0.6) is 11.5 Å². The minimum absolute atomic E-state index is 0.0495. The Morgan fingerprint density at radius 3 is 2.33 bits per heavy atom. The molecule has 1 aliphatic rings. The van der Waals surface area contributed by atoms with Crippen molar-refractivity contribution >= 4 is 5.97 Å². The molecule has 0 amide bonds. The highest BCUT2D eigenvalue weighted by molar-refractivity contribution is 5.72. The standard InChI is InChI=1S/C13H17NO4/c1-17-9-3-8(4-10(5-9)18-2)11-6-14-7-12(11)13(15)16/h3-5,11-12,14H,6-7H2,1-2H3,(H,15,16). The van der Waals surface area contributed by atoms with Crippen molar-refractivity contribution < 1.29 is 19.4 Å². The molecule has 1 aliphatic heterocycles. The van der Waals surface area contributed by atoms with Crippen LogP contribution in [0.4, 0.5) is 0 Å². The monoisotopic (exact) mass is 251 g/mol. The van der Waals surface area contributed by atoms with Gasteiger partial charge in [0.1, 0.15) is 11.5 Å². The van der Waals surface area contributed by atoms with Gasteiger partial charge in [-0.15, -0.1) is 0 Å². The Labute approximate surface area is 106 Å². The van der Waals surface area contributed by atoms with Crippen LogP contribution >= 0.6 is 0 Å². The zero-order valence-corrected chi connectivity index (χ0v) is 10.5. The van der Waals surface area contributed by atoms with Crippen LogP contribution in [0.15, 0.2) is 18.2 Å². The molecular formula is C13H17NO4. The molecule has 1 aromatic carbocycles. The van der Waals surface area contributed by atoms with Crippen LogP contribution in [0, 0.1) is 5.92 Å². The zero-order chi connectivity index (χ0) is 13.1. The van der Waals surface area contributed by atoms with Crippen LogP contribution in [-0.4, -0.2) is 38.4 Å². The Bertz CT molecular complexity index is 424. The summed E-state index contributed by atoms with van der Waals surface area (Å²) in [5.41, 5.74) is 0.934. The van der Waals surface area contributed by atoms with Crippen molar-refractivity contribution in [1.82, 2.24) is 5.32 Å². The van der Waals surface area contributed by atoms with Crippen LogP contribution in [0.3, 0.4) is 0 Å². The van der Waals surface area contributed by atoms with Gasteiger partial charge in [0.05, 0.1) is 20.1 Å². The van der Waals surface area contributed by atoms with Gasteiger partial charge in [-0.1, -0.05) is 0 Å². The Morgan fingerprint density at radius 1 is 1.22 bits per heavy atom. The fourth-order valence-corrected chi connectivity index (χ4v) is 2.33. The van der Waals surface area contributed by atoms with Crippen LogP contribution in [-0.2, 0) is 4.79 Å². The summed E-state index contributed by atoms with van der Waals surface area (Å²) in [4.78, 5) is 11.2. The molecule has 0 aromatic heterocycles. The molecule has 1 saturated heterocycles. The number of hydrogen-bond donors (Lipinski definition) is 2. The van der Waals surface area contributed by atoms with Gasteiger partial charge in [-0.25, -0.2) is 0 Å². The number of carboxylic acids is 1. The number of rotatable bonds is 4. The smallest absolute Gasteiger partial charge is 0.308 e. The Kier molecular flexibility index (Phi) is 3.72. The van der Waals surface area contributed by atoms with E-state index in [-0.39, 0.29) is 5.92 Å². The minimum Gasteiger partial charge on any atom is -0.497 e. The van der Waals surface area contributed by atoms with Gasteiger partial charge in [-0.05, 0) is 17.7 Å². The highest BCUT2D eigenvalue weighted by atomic mass is 16.5. The first-order valence-electron chi connectivity index (χ1n) is 5.82. The summed E-state index contributed by atoms with van der Waals surface area (Å²) in [7, 11) is 3.17. The number of aliphatic carboxylic acids is 1. The molecule has 98 valence electrons. The molecule has 2 atom stereocenters. The van der Waals surface area contributed by atoms with Gasteiger partial charge in [0, 0.05) is 25.1 Å². The molecule has 5 nitrogen and oxygen atoms in total. The van der Waals surface area contributed by atoms with Gasteiger partial charge >= 0.3 is 5.97 Å². The summed E-state index contributed by atoms with van der Waals surface area (Å²) in [6, 6.07) is 5.52. The molecule has 5 heteroatoms. The molecular weight excluding hydrogens is 234 g/mol. The molecule has 1 aromatic rings. The maximum atomic E-state index is 11.2. The Hall–Kier alpha value is -1.75. The SMILES string of the molecule is COc1cc(OC)cc(C2CNCC2C(=O)O)c1. The maximum Gasteiger partial charge on any atom is 0.308 e. The third-order valence-electron chi connectivity index (χ3n) is 3.33. The first kappa shape index (κ1) is 12.7. The fraction of sp³-hybridized carbons (Fsp3) is 0.462. The van der Waals surface area contributed by atoms with Crippen molar-refractivity contribution in [3.8, 4) is 11.5 Å². The lowest BCUT2D eigenvalue weighted by atomic mass is 9.89. The van der Waals surface area contributed by atoms with E-state index in [1.54, 1.807) is 20.3 Å². The normalized spacial score (nSPS) is 22.8. The molecule has 1 fully saturated rings. The number of carboxylic acid groups (broad SMARTS) is 1. The van der Waals surface area contributed by atoms with Crippen molar-refractivity contribution in [3.05, 3.63) is 23.8 Å². The number of hydrogen-bond acceptors (Lipinski definition) is 4. The molecule has 1 heterocycles. The lowest BCUT2D eigenvalue weighted by Crippen LogP contribution is -2.21. The lowest BCUT2D eigenvalue weighted by molar-refractivity contribution is -0.141. The second kappa shape index (κ2) is 5.27. The summed E-state index contributed by atoms with van der Waals surface area (Å²) in [5.74, 6) is 0.140. The number of carbonyl (C=O) groups is 1. The molecule has 2 unspecified atom stereocenters. The first-order valence-corrected chi connectivity index (χ1v) is 5.82. The van der Waals surface area contributed by atoms with E-state index in [0.717, 1.165) is 5.56 Å². The largest absolute Gasteiger partial charge is 0.497 e. The average Bonchev–Trinajstić information content (AvgIpc) is 2.87. The molecule has 0 radical (unpaired) electrons. The van der Waals surface area contributed by atoms with E-state index in [0.29, 0.717) is 24.6 Å². The zero-order valence-electron chi connectivity index (χ0n) is 10.5. The van der Waals surface area contributed by atoms with Gasteiger partial charge < -0.3 is 19.9 Å². The van der Waals surface area contributed by atoms with Gasteiger partial charge in [0.2, 0.25) is 0 Å². The molecule has 2 N–H and O–H groups in total. The van der Waals surface area contributed by atoms with E-state index < -0.39 is 11.9 Å². The van der Waals surface area contributed by atoms with Crippen molar-refractivity contribution in [2.24, 2.45) is 5.92 Å². The highest BCUT2D eigenvalue weighted by Crippen LogP contribution is 2.33. The van der Waals surface area contributed by atoms with Gasteiger partial charge in [0.25, 0.3) is 0 Å². The van der Waals surface area contributed by atoms with Gasteiger partial charge in [-0.2, -0.15) is 0 Å². The highest BCUT2D eigenvalue weighted by Gasteiger charge is 2.34. The van der Waals surface area contributed by atoms with Crippen molar-refractivity contribution in [1.29, 1.82) is 0 Å². The Balaban J connectivity index is 2.34. The van der Waals surface area contributed by atoms with E-state index in [1.165, 1.54) is 0 Å². The molecule has 0 aliphatic carbocycles. The van der Waals surface area contributed by atoms with E-state index in [2.05, 4.69) is 5.32 Å². The second-order valence-electron chi connectivity index (χ2n) is 4.36. The molecule has 0 bridgehead atoms. The average molecular weight is 251 g/mol. The van der Waals surface area contributed by atoms with E-state index in [1.807, 2.05) is 12.1 Å². The van der Waals surface area contributed by atoms with Gasteiger partial charge in [-0.3, -0.25) is 4.79 Å². The van der Waals surface area contributed by atoms with Crippen LogP contribution < -0.4 is 14.8 Å². The molecule has 18 heavy (non-hydrogen) atoms. The van der Waals surface area contributed by atoms with Crippen LogP contribution in [0.25, 0.3) is 0 Å². The topological polar surface area (TPSA) is 67.8 Å². The third-order valence-corrected chi connectivity index (χ3v) is 3.33. The summed E-state index contributed by atoms with van der Waals surface area (Å²) in [5, 5.41) is 12.3. The predicted octanol–water partition coefficient (Wildman–Crippen LogP) is 1.09. The summed E-state index contributed by atoms with van der Waals surface area (Å²) in [6.45, 7) is 1.16. The van der Waals surface area contributed by atoms with Crippen molar-refractivity contribution in [2.75, 3.05) is 27.3 Å². The van der Waals surface area contributed by atoms with Crippen molar-refractivity contribution in [3.63, 3.8) is 0 Å². The van der Waals surface area contributed by atoms with E-state index in [9.17, 15) is 9.90 Å². The quantitative estimate of drug-likeness (QED) is 0.838. The molecule has 0 saturated carbocycles. The Morgan fingerprint density at radius 2 is 1.83 bits per heavy atom. The maximum absolute atomic E-state index is 11.2. The number of nitrogens with one attached hydrogen (secondary N) is 1. The summed E-state index contributed by atoms with van der Waals surface area (Å²) >= 11 is 0. The minimum atomic E-state index is -0.771. The molecule has 0 spiro atoms. The molecule has 2 rings (SSSR count). The third kappa shape index (κ3) is 2.41. The number of benzene rings is 1. The van der Waals surface area contributed by atoms with Crippen LogP contribution in [0.1, 0.15) is 11.5 Å². The van der Waals surface area contributed by atoms with E-state index in [4.69, 9.17) is 9.47 Å². The summed E-state index contributed by atoms with van der Waals surface area (Å²) < 4.78 is 10.4. The summed E-state index contributed by atoms with van der Waals surface area (Å²) in [6.07, 6.45) is 0. The van der Waals surface area contributed by atoms with Crippen LogP contribution in [0.2, 0.25) is 0 Å². The second-order valence-corrected chi connectivity index (χ2v) is 4.36. The first-order chi connectivity index (χ1) is 8.65. The lowest BCUT2D eigenvalue weighted by Gasteiger charge is -2.17. The van der Waals surface area contributed by atoms with Gasteiger partial charge in [0.15, 0.2) is 0 Å². The predicted molar refractivity (Wildman–Crippen MR) is 66.3 cm³/mol. The fourth-order valence-electron chi connectivity index (χ4n) is 2.33. The number of ether oxygens (including phenoxy) is 2. The van der Waals surface area contributed by atoms with Crippen molar-refractivity contribution in [2.45, 2.75) is 5.92 Å². The van der Waals surface area contributed by atoms with E-state index >= 15 is 0 Å². The number of methoxy groups -OCH3 is 2.